The average Bonchev–Trinajstić information content (AvgIpc) is 3.25. The van der Waals surface area contributed by atoms with Gasteiger partial charge in [-0.1, -0.05) is 0 Å². The highest BCUT2D eigenvalue weighted by molar-refractivity contribution is 5.94. The first-order valence-electron chi connectivity index (χ1n) is 7.73. The molecule has 1 aliphatic heterocycles. The molecule has 1 fully saturated rings. The van der Waals surface area contributed by atoms with Crippen LogP contribution in [0.15, 0.2) is 29.1 Å². The molecule has 2 aromatic rings. The summed E-state index contributed by atoms with van der Waals surface area (Å²) in [6, 6.07) is 3.88. The van der Waals surface area contributed by atoms with E-state index >= 15 is 0 Å². The lowest BCUT2D eigenvalue weighted by Crippen LogP contribution is -2.49. The third kappa shape index (κ3) is 2.34. The molecule has 22 heavy (non-hydrogen) atoms. The summed E-state index contributed by atoms with van der Waals surface area (Å²) in [4.78, 5) is 16.4. The van der Waals surface area contributed by atoms with Crippen molar-refractivity contribution in [1.82, 2.24) is 15.1 Å². The highest BCUT2D eigenvalue weighted by atomic mass is 16.3. The molecule has 1 saturated heterocycles. The van der Waals surface area contributed by atoms with Crippen LogP contribution in [0.4, 0.5) is 5.82 Å². The predicted octanol–water partition coefficient (Wildman–Crippen LogP) is 1.52. The topological polar surface area (TPSA) is 62.5 Å². The number of furan rings is 1. The number of carbonyl (C=O) groups is 1. The van der Waals surface area contributed by atoms with Crippen LogP contribution in [-0.2, 0) is 12.8 Å². The molecule has 2 aromatic heterocycles. The van der Waals surface area contributed by atoms with Crippen molar-refractivity contribution in [3.05, 3.63) is 41.5 Å². The van der Waals surface area contributed by atoms with Gasteiger partial charge in [-0.2, -0.15) is 5.10 Å². The summed E-state index contributed by atoms with van der Waals surface area (Å²) in [6.45, 7) is 2.97. The Bertz CT molecular complexity index is 675. The van der Waals surface area contributed by atoms with E-state index in [1.165, 1.54) is 24.5 Å². The van der Waals surface area contributed by atoms with E-state index in [-0.39, 0.29) is 5.91 Å². The summed E-state index contributed by atoms with van der Waals surface area (Å²) < 4.78 is 4.98. The van der Waals surface area contributed by atoms with Crippen LogP contribution >= 0.6 is 0 Å². The molecule has 0 N–H and O–H groups in total. The van der Waals surface area contributed by atoms with Crippen molar-refractivity contribution in [3.63, 3.8) is 0 Å². The molecule has 3 heterocycles. The minimum atomic E-state index is 0.0356. The smallest absolute Gasteiger partial charge is 0.257 e. The first-order chi connectivity index (χ1) is 10.8. The van der Waals surface area contributed by atoms with Crippen LogP contribution in [0.3, 0.4) is 0 Å². The maximum atomic E-state index is 12.3. The molecule has 0 atom stereocenters. The molecular formula is C16H18N4O2. The lowest BCUT2D eigenvalue weighted by molar-refractivity contribution is 0.0745. The highest BCUT2D eigenvalue weighted by Crippen LogP contribution is 2.23. The number of carbonyl (C=O) groups excluding carboxylic acids is 1. The van der Waals surface area contributed by atoms with Gasteiger partial charge in [0.25, 0.3) is 5.91 Å². The Balaban J connectivity index is 1.42. The molecular weight excluding hydrogens is 280 g/mol. The van der Waals surface area contributed by atoms with Crippen LogP contribution in [0, 0.1) is 0 Å². The third-order valence-electron chi connectivity index (χ3n) is 4.47. The van der Waals surface area contributed by atoms with E-state index in [2.05, 4.69) is 21.2 Å². The molecule has 1 aliphatic carbocycles. The molecule has 4 rings (SSSR count). The lowest BCUT2D eigenvalue weighted by Gasteiger charge is -2.35. The number of rotatable bonds is 2. The molecule has 0 aromatic carbocycles. The second kappa shape index (κ2) is 5.44. The van der Waals surface area contributed by atoms with Gasteiger partial charge in [0, 0.05) is 26.2 Å². The SMILES string of the molecule is O=C(c1ccoc1)N1CCN(c2cc3c(nn2)CCC3)CC1. The molecule has 0 spiro atoms. The van der Waals surface area contributed by atoms with Crippen molar-refractivity contribution in [2.24, 2.45) is 0 Å². The first-order valence-corrected chi connectivity index (χ1v) is 7.73. The Kier molecular flexibility index (Phi) is 3.29. The van der Waals surface area contributed by atoms with E-state index in [4.69, 9.17) is 4.42 Å². The summed E-state index contributed by atoms with van der Waals surface area (Å²) in [6.07, 6.45) is 6.37. The molecule has 6 nitrogen and oxygen atoms in total. The highest BCUT2D eigenvalue weighted by Gasteiger charge is 2.24. The van der Waals surface area contributed by atoms with Gasteiger partial charge in [-0.3, -0.25) is 4.79 Å². The fourth-order valence-electron chi connectivity index (χ4n) is 3.18. The van der Waals surface area contributed by atoms with Gasteiger partial charge in [0.2, 0.25) is 0 Å². The van der Waals surface area contributed by atoms with E-state index in [0.717, 1.165) is 37.4 Å². The van der Waals surface area contributed by atoms with Crippen LogP contribution in [-0.4, -0.2) is 47.2 Å². The second-order valence-electron chi connectivity index (χ2n) is 5.82. The van der Waals surface area contributed by atoms with E-state index in [0.29, 0.717) is 18.7 Å². The van der Waals surface area contributed by atoms with Gasteiger partial charge < -0.3 is 14.2 Å². The van der Waals surface area contributed by atoms with E-state index in [9.17, 15) is 4.79 Å². The fourth-order valence-corrected chi connectivity index (χ4v) is 3.18. The largest absolute Gasteiger partial charge is 0.472 e. The van der Waals surface area contributed by atoms with Gasteiger partial charge >= 0.3 is 0 Å². The average molecular weight is 298 g/mol. The molecule has 0 bridgehead atoms. The van der Waals surface area contributed by atoms with Crippen LogP contribution in [0.1, 0.15) is 28.0 Å². The minimum absolute atomic E-state index is 0.0356. The lowest BCUT2D eigenvalue weighted by atomic mass is 10.2. The van der Waals surface area contributed by atoms with Crippen molar-refractivity contribution in [2.45, 2.75) is 19.3 Å². The standard InChI is InChI=1S/C16H18N4O2/c21-16(13-4-9-22-11-13)20-7-5-19(6-8-20)15-10-12-2-1-3-14(12)17-18-15/h4,9-11H,1-3,5-8H2. The van der Waals surface area contributed by atoms with E-state index < -0.39 is 0 Å². The zero-order chi connectivity index (χ0) is 14.9. The van der Waals surface area contributed by atoms with Crippen molar-refractivity contribution in [3.8, 4) is 0 Å². The normalized spacial score (nSPS) is 17.6. The van der Waals surface area contributed by atoms with Gasteiger partial charge in [-0.25, -0.2) is 0 Å². The van der Waals surface area contributed by atoms with Crippen LogP contribution in [0.2, 0.25) is 0 Å². The molecule has 2 aliphatic rings. The number of nitrogens with zero attached hydrogens (tertiary/aromatic N) is 4. The molecule has 6 heteroatoms. The number of hydrogen-bond donors (Lipinski definition) is 0. The quantitative estimate of drug-likeness (QED) is 0.841. The Labute approximate surface area is 128 Å². The van der Waals surface area contributed by atoms with Crippen molar-refractivity contribution >= 4 is 11.7 Å². The van der Waals surface area contributed by atoms with E-state index in [1.54, 1.807) is 6.07 Å². The van der Waals surface area contributed by atoms with Gasteiger partial charge in [0.15, 0.2) is 5.82 Å². The van der Waals surface area contributed by atoms with Gasteiger partial charge in [0.05, 0.1) is 17.5 Å². The monoisotopic (exact) mass is 298 g/mol. The van der Waals surface area contributed by atoms with E-state index in [1.807, 2.05) is 4.90 Å². The number of aromatic nitrogens is 2. The summed E-state index contributed by atoms with van der Waals surface area (Å²) in [5.74, 6) is 0.976. The summed E-state index contributed by atoms with van der Waals surface area (Å²) in [7, 11) is 0. The molecule has 0 radical (unpaired) electrons. The van der Waals surface area contributed by atoms with Gasteiger partial charge in [0.1, 0.15) is 6.26 Å². The molecule has 1 amide bonds. The van der Waals surface area contributed by atoms with Crippen LogP contribution in [0.25, 0.3) is 0 Å². The number of amides is 1. The summed E-state index contributed by atoms with van der Waals surface area (Å²) >= 11 is 0. The van der Waals surface area contributed by atoms with Crippen molar-refractivity contribution < 1.29 is 9.21 Å². The van der Waals surface area contributed by atoms with Crippen molar-refractivity contribution in [2.75, 3.05) is 31.1 Å². The Morgan fingerprint density at radius 1 is 1.14 bits per heavy atom. The second-order valence-corrected chi connectivity index (χ2v) is 5.82. The maximum absolute atomic E-state index is 12.3. The number of piperazine rings is 1. The minimum Gasteiger partial charge on any atom is -0.472 e. The van der Waals surface area contributed by atoms with Gasteiger partial charge in [-0.05, 0) is 37.0 Å². The number of hydrogen-bond acceptors (Lipinski definition) is 5. The molecule has 114 valence electrons. The van der Waals surface area contributed by atoms with Crippen LogP contribution < -0.4 is 4.90 Å². The Hall–Kier alpha value is -2.37. The van der Waals surface area contributed by atoms with Crippen molar-refractivity contribution in [1.29, 1.82) is 0 Å². The van der Waals surface area contributed by atoms with Crippen LogP contribution in [0.5, 0.6) is 0 Å². The van der Waals surface area contributed by atoms with Gasteiger partial charge in [-0.15, -0.1) is 5.10 Å². The first kappa shape index (κ1) is 13.3. The predicted molar refractivity (Wildman–Crippen MR) is 80.9 cm³/mol. The summed E-state index contributed by atoms with van der Waals surface area (Å²) in [5, 5.41) is 8.70. The fraction of sp³-hybridized carbons (Fsp3) is 0.438. The Morgan fingerprint density at radius 3 is 2.77 bits per heavy atom. The number of anilines is 1. The summed E-state index contributed by atoms with van der Waals surface area (Å²) in [5.41, 5.74) is 3.10. The number of aryl methyl sites for hydroxylation is 2. The molecule has 0 saturated carbocycles. The zero-order valence-corrected chi connectivity index (χ0v) is 12.4. The third-order valence-corrected chi connectivity index (χ3v) is 4.47. The number of fused-ring (bicyclic) bond motifs is 1. The maximum Gasteiger partial charge on any atom is 0.257 e. The zero-order valence-electron chi connectivity index (χ0n) is 12.4. The Morgan fingerprint density at radius 2 is 2.00 bits per heavy atom. The molecule has 0 unspecified atom stereocenters.